The summed E-state index contributed by atoms with van der Waals surface area (Å²) >= 11 is 0. The molecule has 0 fully saturated rings. The average Bonchev–Trinajstić information content (AvgIpc) is 2.66. The van der Waals surface area contributed by atoms with Crippen LogP contribution in [0, 0.1) is 22.5 Å². The van der Waals surface area contributed by atoms with E-state index in [1.54, 1.807) is 18.2 Å². The van der Waals surface area contributed by atoms with E-state index in [9.17, 15) is 19.7 Å². The predicted octanol–water partition coefficient (Wildman–Crippen LogP) is 4.52. The maximum atomic E-state index is 13.3. The van der Waals surface area contributed by atoms with Gasteiger partial charge in [-0.2, -0.15) is 0 Å². The van der Waals surface area contributed by atoms with Gasteiger partial charge in [-0.1, -0.05) is 57.5 Å². The van der Waals surface area contributed by atoms with Crippen LogP contribution in [0.5, 0.6) is 0 Å². The summed E-state index contributed by atoms with van der Waals surface area (Å²) in [5.41, 5.74) is 3.38. The highest BCUT2D eigenvalue weighted by molar-refractivity contribution is 6.01. The van der Waals surface area contributed by atoms with E-state index in [4.69, 9.17) is 0 Å². The fourth-order valence-electron chi connectivity index (χ4n) is 3.27. The second-order valence-electron chi connectivity index (χ2n) is 8.05. The molecule has 1 atom stereocenters. The van der Waals surface area contributed by atoms with Crippen molar-refractivity contribution in [3.05, 3.63) is 75.3 Å². The SMILES string of the molecule is CCC(N(NC(=O)c1ccc(C)cc1)C(=O)c1ccccc1[N+](=O)[O-])C(C)(C)C. The Morgan fingerprint density at radius 3 is 2.21 bits per heavy atom. The third-order valence-corrected chi connectivity index (χ3v) is 4.78. The lowest BCUT2D eigenvalue weighted by molar-refractivity contribution is -0.385. The van der Waals surface area contributed by atoms with Gasteiger partial charge in [-0.3, -0.25) is 25.1 Å². The van der Waals surface area contributed by atoms with Crippen molar-refractivity contribution in [3.8, 4) is 0 Å². The van der Waals surface area contributed by atoms with Gasteiger partial charge in [0.1, 0.15) is 5.56 Å². The van der Waals surface area contributed by atoms with E-state index < -0.39 is 16.7 Å². The Kier molecular flexibility index (Phi) is 6.74. The lowest BCUT2D eigenvalue weighted by Crippen LogP contribution is -2.56. The molecule has 7 heteroatoms. The molecule has 0 bridgehead atoms. The number of hydrogen-bond donors (Lipinski definition) is 1. The minimum atomic E-state index is -0.612. The van der Waals surface area contributed by atoms with Crippen LogP contribution < -0.4 is 5.43 Å². The molecular formula is C22H27N3O4. The second-order valence-corrected chi connectivity index (χ2v) is 8.05. The number of hydrogen-bond acceptors (Lipinski definition) is 4. The summed E-state index contributed by atoms with van der Waals surface area (Å²) in [5, 5.41) is 12.6. The summed E-state index contributed by atoms with van der Waals surface area (Å²) in [6, 6.07) is 12.4. The van der Waals surface area contributed by atoms with Gasteiger partial charge in [0, 0.05) is 11.6 Å². The summed E-state index contributed by atoms with van der Waals surface area (Å²) in [4.78, 5) is 37.0. The number of hydrazine groups is 1. The Hall–Kier alpha value is -3.22. The maximum absolute atomic E-state index is 13.3. The number of aryl methyl sites for hydroxylation is 1. The molecule has 0 aliphatic carbocycles. The smallest absolute Gasteiger partial charge is 0.267 e. The molecule has 0 spiro atoms. The fraction of sp³-hybridized carbons (Fsp3) is 0.364. The normalized spacial score (nSPS) is 12.2. The first kappa shape index (κ1) is 22.1. The Labute approximate surface area is 170 Å². The molecule has 154 valence electrons. The molecule has 1 N–H and O–H groups in total. The highest BCUT2D eigenvalue weighted by Crippen LogP contribution is 2.29. The fourth-order valence-corrected chi connectivity index (χ4v) is 3.27. The van der Waals surface area contributed by atoms with E-state index in [0.717, 1.165) is 5.56 Å². The van der Waals surface area contributed by atoms with Crippen molar-refractivity contribution in [3.63, 3.8) is 0 Å². The molecule has 2 aromatic carbocycles. The molecule has 1 unspecified atom stereocenters. The van der Waals surface area contributed by atoms with Gasteiger partial charge in [0.05, 0.1) is 11.0 Å². The van der Waals surface area contributed by atoms with Gasteiger partial charge < -0.3 is 0 Å². The largest absolute Gasteiger partial charge is 0.282 e. The first-order chi connectivity index (χ1) is 13.6. The lowest BCUT2D eigenvalue weighted by Gasteiger charge is -2.39. The number of nitro benzene ring substituents is 1. The molecule has 0 heterocycles. The molecular weight excluding hydrogens is 370 g/mol. The van der Waals surface area contributed by atoms with Crippen molar-refractivity contribution in [1.29, 1.82) is 0 Å². The van der Waals surface area contributed by atoms with Gasteiger partial charge in [-0.05, 0) is 37.0 Å². The van der Waals surface area contributed by atoms with Gasteiger partial charge in [-0.25, -0.2) is 5.01 Å². The van der Waals surface area contributed by atoms with E-state index in [1.807, 2.05) is 46.8 Å². The molecule has 2 amide bonds. The summed E-state index contributed by atoms with van der Waals surface area (Å²) in [7, 11) is 0. The Morgan fingerprint density at radius 1 is 1.10 bits per heavy atom. The van der Waals surface area contributed by atoms with Crippen molar-refractivity contribution in [2.75, 3.05) is 0 Å². The van der Waals surface area contributed by atoms with Gasteiger partial charge >= 0.3 is 0 Å². The lowest BCUT2D eigenvalue weighted by atomic mass is 9.84. The van der Waals surface area contributed by atoms with Gasteiger partial charge in [0.25, 0.3) is 17.5 Å². The molecule has 2 aromatic rings. The van der Waals surface area contributed by atoms with Crippen LogP contribution in [0.3, 0.4) is 0 Å². The summed E-state index contributed by atoms with van der Waals surface area (Å²) in [6.45, 7) is 9.70. The number of amides is 2. The van der Waals surface area contributed by atoms with Gasteiger partial charge in [0.2, 0.25) is 0 Å². The number of carbonyl (C=O) groups excluding carboxylic acids is 2. The van der Waals surface area contributed by atoms with Crippen molar-refractivity contribution in [1.82, 2.24) is 10.4 Å². The summed E-state index contributed by atoms with van der Waals surface area (Å²) < 4.78 is 0. The zero-order valence-corrected chi connectivity index (χ0v) is 17.4. The zero-order chi connectivity index (χ0) is 21.8. The molecule has 0 saturated carbocycles. The maximum Gasteiger partial charge on any atom is 0.282 e. The summed E-state index contributed by atoms with van der Waals surface area (Å²) in [6.07, 6.45) is 0.560. The number of carbonyl (C=O) groups is 2. The molecule has 0 aromatic heterocycles. The number of nitro groups is 1. The predicted molar refractivity (Wildman–Crippen MR) is 111 cm³/mol. The summed E-state index contributed by atoms with van der Waals surface area (Å²) in [5.74, 6) is -1.06. The Bertz CT molecular complexity index is 901. The monoisotopic (exact) mass is 397 g/mol. The number of rotatable bonds is 5. The molecule has 7 nitrogen and oxygen atoms in total. The van der Waals surface area contributed by atoms with Crippen molar-refractivity contribution in [2.24, 2.45) is 5.41 Å². The van der Waals surface area contributed by atoms with E-state index in [0.29, 0.717) is 12.0 Å². The number of nitrogens with zero attached hydrogens (tertiary/aromatic N) is 2. The van der Waals surface area contributed by atoms with Crippen LogP contribution in [0.1, 0.15) is 60.4 Å². The van der Waals surface area contributed by atoms with Crippen LogP contribution in [0.15, 0.2) is 48.5 Å². The van der Waals surface area contributed by atoms with Crippen molar-refractivity contribution >= 4 is 17.5 Å². The van der Waals surface area contributed by atoms with Gasteiger partial charge in [-0.15, -0.1) is 0 Å². The van der Waals surface area contributed by atoms with Crippen LogP contribution in [-0.2, 0) is 0 Å². The standard InChI is InChI=1S/C22H27N3O4/c1-6-19(22(3,4)5)24(23-20(26)16-13-11-15(2)12-14-16)21(27)17-9-7-8-10-18(17)25(28)29/h7-14,19H,6H2,1-5H3,(H,23,26). The molecule has 2 rings (SSSR count). The molecule has 0 saturated heterocycles. The highest BCUT2D eigenvalue weighted by Gasteiger charge is 2.36. The van der Waals surface area contributed by atoms with E-state index in [-0.39, 0.29) is 22.7 Å². The van der Waals surface area contributed by atoms with Crippen LogP contribution in [0.2, 0.25) is 0 Å². The minimum Gasteiger partial charge on any atom is -0.267 e. The zero-order valence-electron chi connectivity index (χ0n) is 17.4. The van der Waals surface area contributed by atoms with Crippen LogP contribution in [-0.4, -0.2) is 27.8 Å². The van der Waals surface area contributed by atoms with Crippen LogP contribution in [0.4, 0.5) is 5.69 Å². The van der Waals surface area contributed by atoms with Crippen LogP contribution >= 0.6 is 0 Å². The first-order valence-corrected chi connectivity index (χ1v) is 9.51. The quantitative estimate of drug-likeness (QED) is 0.593. The number of benzene rings is 2. The third kappa shape index (κ3) is 5.19. The van der Waals surface area contributed by atoms with Crippen molar-refractivity contribution < 1.29 is 14.5 Å². The van der Waals surface area contributed by atoms with E-state index in [2.05, 4.69) is 5.43 Å². The molecule has 0 radical (unpaired) electrons. The van der Waals surface area contributed by atoms with E-state index >= 15 is 0 Å². The molecule has 0 aliphatic heterocycles. The number of nitrogens with one attached hydrogen (secondary N) is 1. The van der Waals surface area contributed by atoms with Gasteiger partial charge in [0.15, 0.2) is 0 Å². The second kappa shape index (κ2) is 8.86. The number of para-hydroxylation sites is 1. The topological polar surface area (TPSA) is 92.6 Å². The molecule has 0 aliphatic rings. The average molecular weight is 397 g/mol. The third-order valence-electron chi connectivity index (χ3n) is 4.78. The molecule has 29 heavy (non-hydrogen) atoms. The first-order valence-electron chi connectivity index (χ1n) is 9.51. The van der Waals surface area contributed by atoms with Crippen molar-refractivity contribution in [2.45, 2.75) is 47.1 Å². The van der Waals surface area contributed by atoms with Crippen LogP contribution in [0.25, 0.3) is 0 Å². The minimum absolute atomic E-state index is 0.0654. The Balaban J connectivity index is 2.47. The highest BCUT2D eigenvalue weighted by atomic mass is 16.6. The van der Waals surface area contributed by atoms with E-state index in [1.165, 1.54) is 23.2 Å². The Morgan fingerprint density at radius 2 is 1.69 bits per heavy atom.